The maximum atomic E-state index is 8.82. The third kappa shape index (κ3) is 3.32. The molecule has 1 rings (SSSR count). The molecule has 0 saturated heterocycles. The Kier molecular flexibility index (Phi) is 4.78. The van der Waals surface area contributed by atoms with E-state index in [1.807, 2.05) is 18.2 Å². The van der Waals surface area contributed by atoms with Gasteiger partial charge in [0.05, 0.1) is 12.8 Å². The number of anilines is 1. The first-order valence-corrected chi connectivity index (χ1v) is 5.77. The highest BCUT2D eigenvalue weighted by Crippen LogP contribution is 2.35. The van der Waals surface area contributed by atoms with Crippen molar-refractivity contribution in [2.45, 2.75) is 23.5 Å². The second-order valence-electron chi connectivity index (χ2n) is 3.31. The molecule has 84 valence electrons. The number of nitrogen functional groups attached to an aromatic ring is 1. The van der Waals surface area contributed by atoms with E-state index in [2.05, 4.69) is 6.92 Å². The first-order chi connectivity index (χ1) is 7.19. The van der Waals surface area contributed by atoms with Crippen LogP contribution in [0.5, 0.6) is 5.75 Å². The fourth-order valence-electron chi connectivity index (χ4n) is 1.26. The van der Waals surface area contributed by atoms with Crippen LogP contribution in [-0.4, -0.2) is 24.1 Å². The summed E-state index contributed by atoms with van der Waals surface area (Å²) in [6.07, 6.45) is 0.765. The molecular weight excluding hydrogens is 210 g/mol. The topological polar surface area (TPSA) is 55.5 Å². The van der Waals surface area contributed by atoms with E-state index < -0.39 is 0 Å². The quantitative estimate of drug-likeness (QED) is 0.597. The van der Waals surface area contributed by atoms with Gasteiger partial charge in [0.2, 0.25) is 0 Å². The normalized spacial score (nSPS) is 12.5. The molecule has 1 unspecified atom stereocenters. The van der Waals surface area contributed by atoms with Crippen LogP contribution in [0.3, 0.4) is 0 Å². The van der Waals surface area contributed by atoms with E-state index in [0.717, 1.165) is 11.3 Å². The van der Waals surface area contributed by atoms with Crippen molar-refractivity contribution in [1.82, 2.24) is 0 Å². The van der Waals surface area contributed by atoms with Gasteiger partial charge >= 0.3 is 0 Å². The average molecular weight is 227 g/mol. The minimum atomic E-state index is 0.206. The molecular formula is C11H17NO2S. The predicted molar refractivity (Wildman–Crippen MR) is 64.4 cm³/mol. The Morgan fingerprint density at radius 1 is 1.53 bits per heavy atom. The number of rotatable bonds is 5. The molecule has 1 aromatic rings. The van der Waals surface area contributed by atoms with Gasteiger partial charge in [0, 0.05) is 16.8 Å². The number of hydrogen-bond acceptors (Lipinski definition) is 4. The highest BCUT2D eigenvalue weighted by Gasteiger charge is 2.09. The van der Waals surface area contributed by atoms with Crippen LogP contribution in [-0.2, 0) is 0 Å². The highest BCUT2D eigenvalue weighted by molar-refractivity contribution is 8.00. The van der Waals surface area contributed by atoms with Gasteiger partial charge in [-0.25, -0.2) is 0 Å². The predicted octanol–water partition coefficient (Wildman–Crippen LogP) is 2.14. The number of nitrogens with two attached hydrogens (primary N) is 1. The first kappa shape index (κ1) is 12.2. The molecule has 0 aliphatic carbocycles. The zero-order valence-electron chi connectivity index (χ0n) is 9.06. The van der Waals surface area contributed by atoms with Crippen LogP contribution < -0.4 is 10.5 Å². The molecule has 3 nitrogen and oxygen atoms in total. The lowest BCUT2D eigenvalue weighted by molar-refractivity contribution is 0.289. The van der Waals surface area contributed by atoms with Crippen LogP contribution in [0.2, 0.25) is 0 Å². The van der Waals surface area contributed by atoms with Crippen molar-refractivity contribution in [1.29, 1.82) is 0 Å². The third-order valence-electron chi connectivity index (χ3n) is 2.11. The SMILES string of the molecule is COc1cccc(SC(C)CCO)c1N. The average Bonchev–Trinajstić information content (AvgIpc) is 2.21. The zero-order chi connectivity index (χ0) is 11.3. The number of para-hydroxylation sites is 1. The maximum Gasteiger partial charge on any atom is 0.142 e. The van der Waals surface area contributed by atoms with Crippen molar-refractivity contribution in [3.63, 3.8) is 0 Å². The summed E-state index contributed by atoms with van der Waals surface area (Å²) in [4.78, 5) is 1.01. The lowest BCUT2D eigenvalue weighted by Gasteiger charge is -2.13. The second kappa shape index (κ2) is 5.88. The molecule has 0 bridgehead atoms. The minimum absolute atomic E-state index is 0.206. The summed E-state index contributed by atoms with van der Waals surface area (Å²) in [5.74, 6) is 0.705. The summed E-state index contributed by atoms with van der Waals surface area (Å²) in [5, 5.41) is 9.17. The minimum Gasteiger partial charge on any atom is -0.495 e. The van der Waals surface area contributed by atoms with E-state index >= 15 is 0 Å². The van der Waals surface area contributed by atoms with Gasteiger partial charge in [-0.05, 0) is 18.6 Å². The van der Waals surface area contributed by atoms with Gasteiger partial charge in [0.15, 0.2) is 0 Å². The van der Waals surface area contributed by atoms with Crippen LogP contribution in [0.15, 0.2) is 23.1 Å². The summed E-state index contributed by atoms with van der Waals surface area (Å²) in [6, 6.07) is 5.73. The Bertz CT molecular complexity index is 317. The zero-order valence-corrected chi connectivity index (χ0v) is 9.88. The monoisotopic (exact) mass is 227 g/mol. The first-order valence-electron chi connectivity index (χ1n) is 4.89. The van der Waals surface area contributed by atoms with Crippen molar-refractivity contribution < 1.29 is 9.84 Å². The Balaban J connectivity index is 2.76. The number of thioether (sulfide) groups is 1. The van der Waals surface area contributed by atoms with Crippen LogP contribution in [0, 0.1) is 0 Å². The van der Waals surface area contributed by atoms with Crippen LogP contribution >= 0.6 is 11.8 Å². The smallest absolute Gasteiger partial charge is 0.142 e. The summed E-state index contributed by atoms with van der Waals surface area (Å²) in [7, 11) is 1.61. The van der Waals surface area contributed by atoms with Crippen LogP contribution in [0.4, 0.5) is 5.69 Å². The molecule has 4 heteroatoms. The van der Waals surface area contributed by atoms with Crippen molar-refractivity contribution in [2.75, 3.05) is 19.5 Å². The molecule has 15 heavy (non-hydrogen) atoms. The van der Waals surface area contributed by atoms with E-state index in [1.165, 1.54) is 0 Å². The Morgan fingerprint density at radius 3 is 2.87 bits per heavy atom. The van der Waals surface area contributed by atoms with Gasteiger partial charge in [-0.2, -0.15) is 0 Å². The fraction of sp³-hybridized carbons (Fsp3) is 0.455. The van der Waals surface area contributed by atoms with Crippen molar-refractivity contribution in [3.8, 4) is 5.75 Å². The van der Waals surface area contributed by atoms with Crippen LogP contribution in [0.1, 0.15) is 13.3 Å². The van der Waals surface area contributed by atoms with E-state index in [1.54, 1.807) is 18.9 Å². The van der Waals surface area contributed by atoms with E-state index in [0.29, 0.717) is 16.7 Å². The van der Waals surface area contributed by atoms with Gasteiger partial charge in [-0.3, -0.25) is 0 Å². The molecule has 0 fully saturated rings. The van der Waals surface area contributed by atoms with E-state index in [4.69, 9.17) is 15.6 Å². The van der Waals surface area contributed by atoms with E-state index in [9.17, 15) is 0 Å². The van der Waals surface area contributed by atoms with Crippen molar-refractivity contribution in [3.05, 3.63) is 18.2 Å². The Labute approximate surface area is 94.6 Å². The maximum absolute atomic E-state index is 8.82. The summed E-state index contributed by atoms with van der Waals surface area (Å²) in [6.45, 7) is 2.28. The number of ether oxygens (including phenoxy) is 1. The van der Waals surface area contributed by atoms with Gasteiger partial charge < -0.3 is 15.6 Å². The number of aliphatic hydroxyl groups excluding tert-OH is 1. The summed E-state index contributed by atoms with van der Waals surface area (Å²) in [5.41, 5.74) is 6.61. The lowest BCUT2D eigenvalue weighted by atomic mass is 10.3. The molecule has 0 heterocycles. The second-order valence-corrected chi connectivity index (χ2v) is 4.79. The number of benzene rings is 1. The molecule has 1 aromatic carbocycles. The van der Waals surface area contributed by atoms with Crippen molar-refractivity contribution >= 4 is 17.4 Å². The molecule has 0 amide bonds. The third-order valence-corrected chi connectivity index (χ3v) is 3.36. The lowest BCUT2D eigenvalue weighted by Crippen LogP contribution is -2.01. The molecule has 0 aromatic heterocycles. The van der Waals surface area contributed by atoms with Gasteiger partial charge in [-0.1, -0.05) is 13.0 Å². The molecule has 1 atom stereocenters. The number of methoxy groups -OCH3 is 1. The van der Waals surface area contributed by atoms with Crippen molar-refractivity contribution in [2.24, 2.45) is 0 Å². The molecule has 0 radical (unpaired) electrons. The Morgan fingerprint density at radius 2 is 2.27 bits per heavy atom. The molecule has 0 spiro atoms. The molecule has 3 N–H and O–H groups in total. The molecule has 0 saturated carbocycles. The standard InChI is InChI=1S/C11H17NO2S/c1-8(6-7-13)15-10-5-3-4-9(14-2)11(10)12/h3-5,8,13H,6-7,12H2,1-2H3. The van der Waals surface area contributed by atoms with Gasteiger partial charge in [-0.15, -0.1) is 11.8 Å². The van der Waals surface area contributed by atoms with Gasteiger partial charge in [0.25, 0.3) is 0 Å². The summed E-state index contributed by atoms with van der Waals surface area (Å²) < 4.78 is 5.14. The molecule has 0 aliphatic rings. The number of aliphatic hydroxyl groups is 1. The largest absolute Gasteiger partial charge is 0.495 e. The van der Waals surface area contributed by atoms with Gasteiger partial charge in [0.1, 0.15) is 5.75 Å². The fourth-order valence-corrected chi connectivity index (χ4v) is 2.30. The number of hydrogen-bond donors (Lipinski definition) is 2. The highest BCUT2D eigenvalue weighted by atomic mass is 32.2. The van der Waals surface area contributed by atoms with E-state index in [-0.39, 0.29) is 6.61 Å². The van der Waals surface area contributed by atoms with Crippen LogP contribution in [0.25, 0.3) is 0 Å². The summed E-state index contributed by atoms with van der Waals surface area (Å²) >= 11 is 1.66. The molecule has 0 aliphatic heterocycles. The Hall–Kier alpha value is -0.870.